The third-order valence-corrected chi connectivity index (χ3v) is 22.9. The lowest BCUT2D eigenvalue weighted by atomic mass is 9.43. The van der Waals surface area contributed by atoms with Crippen molar-refractivity contribution in [3.63, 3.8) is 0 Å². The number of Topliss-reactive ketones (excluding diaryl/α,β-unsaturated/α-hetero) is 2. The van der Waals surface area contributed by atoms with Gasteiger partial charge in [0.2, 0.25) is 0 Å². The van der Waals surface area contributed by atoms with Gasteiger partial charge in [-0.2, -0.15) is 0 Å². The van der Waals surface area contributed by atoms with Crippen molar-refractivity contribution < 1.29 is 28.8 Å². The molecular formula is C54H94O6P2. The molecule has 6 nitrogen and oxygen atoms in total. The summed E-state index contributed by atoms with van der Waals surface area (Å²) >= 11 is 0. The van der Waals surface area contributed by atoms with E-state index in [1.54, 1.807) is 0 Å². The van der Waals surface area contributed by atoms with E-state index in [1.165, 1.54) is 77.0 Å². The number of carbonyl (C=O) groups excluding carboxylic acids is 2. The number of ketones is 2. The van der Waals surface area contributed by atoms with Gasteiger partial charge in [-0.25, -0.2) is 0 Å². The first-order valence-corrected chi connectivity index (χ1v) is 27.3. The van der Waals surface area contributed by atoms with Gasteiger partial charge in [-0.3, -0.25) is 9.59 Å². The van der Waals surface area contributed by atoms with E-state index in [9.17, 15) is 19.8 Å². The maximum atomic E-state index is 12.3. The van der Waals surface area contributed by atoms with Crippen LogP contribution in [0.5, 0.6) is 0 Å². The van der Waals surface area contributed by atoms with Crippen molar-refractivity contribution in [2.45, 2.75) is 222 Å². The topological polar surface area (TPSA) is 93.1 Å². The number of rotatable bonds is 12. The Kier molecular flexibility index (Phi) is 15.8. The lowest BCUT2D eigenvalue weighted by Gasteiger charge is -2.63. The summed E-state index contributed by atoms with van der Waals surface area (Å²) < 4.78 is 11.9. The molecule has 0 spiro atoms. The van der Waals surface area contributed by atoms with E-state index in [2.05, 4.69) is 60.5 Å². The Hall–Kier alpha value is 0.0400. The first-order valence-electron chi connectivity index (χ1n) is 26.4. The van der Waals surface area contributed by atoms with Gasteiger partial charge in [0.1, 0.15) is 11.6 Å². The Morgan fingerprint density at radius 3 is 1.50 bits per heavy atom. The summed E-state index contributed by atoms with van der Waals surface area (Å²) in [6.07, 6.45) is 23.2. The largest absolute Gasteiger partial charge is 0.393 e. The Bertz CT molecular complexity index is 1550. The second-order valence-corrected chi connectivity index (χ2v) is 25.9. The zero-order valence-electron chi connectivity index (χ0n) is 41.2. The molecule has 8 saturated carbocycles. The zero-order chi connectivity index (χ0) is 45.1. The van der Waals surface area contributed by atoms with Crippen molar-refractivity contribution in [1.29, 1.82) is 0 Å². The minimum atomic E-state index is -0.195. The molecule has 22 atom stereocenters. The Labute approximate surface area is 384 Å². The Morgan fingerprint density at radius 2 is 1.00 bits per heavy atom. The average Bonchev–Trinajstić information content (AvgIpc) is 3.78. The lowest BCUT2D eigenvalue weighted by molar-refractivity contribution is -0.174. The van der Waals surface area contributed by atoms with E-state index in [4.69, 9.17) is 9.05 Å². The predicted octanol–water partition coefficient (Wildman–Crippen LogP) is 12.9. The van der Waals surface area contributed by atoms with Crippen molar-refractivity contribution in [2.75, 3.05) is 0 Å². The van der Waals surface area contributed by atoms with Gasteiger partial charge < -0.3 is 19.3 Å². The van der Waals surface area contributed by atoms with Gasteiger partial charge in [-0.05, 0) is 208 Å². The molecule has 8 rings (SSSR count). The highest BCUT2D eigenvalue weighted by atomic mass is 31.0. The van der Waals surface area contributed by atoms with Crippen LogP contribution in [-0.4, -0.2) is 46.2 Å². The summed E-state index contributed by atoms with van der Waals surface area (Å²) in [5.74, 6) is 8.99. The molecule has 8 aliphatic rings. The van der Waals surface area contributed by atoms with Crippen LogP contribution in [-0.2, 0) is 18.6 Å². The molecule has 8 aliphatic carbocycles. The molecule has 0 aromatic rings. The summed E-state index contributed by atoms with van der Waals surface area (Å²) in [5.41, 5.74) is 1.48. The minimum Gasteiger partial charge on any atom is -0.393 e. The van der Waals surface area contributed by atoms with Crippen LogP contribution >= 0.6 is 18.9 Å². The smallest absolute Gasteiger partial charge is 0.135 e. The van der Waals surface area contributed by atoms with E-state index in [-0.39, 0.29) is 24.0 Å². The van der Waals surface area contributed by atoms with E-state index < -0.39 is 0 Å². The van der Waals surface area contributed by atoms with Gasteiger partial charge in [0.15, 0.2) is 0 Å². The van der Waals surface area contributed by atoms with Gasteiger partial charge in [0.25, 0.3) is 0 Å². The van der Waals surface area contributed by atoms with Crippen LogP contribution in [0.15, 0.2) is 0 Å². The number of hydrogen-bond donors (Lipinski definition) is 2. The number of carbonyl (C=O) groups is 2. The summed E-state index contributed by atoms with van der Waals surface area (Å²) in [5, 5.41) is 21.6. The third-order valence-electron chi connectivity index (χ3n) is 22.1. The number of aliphatic hydroxyl groups excluding tert-OH is 2. The van der Waals surface area contributed by atoms with Gasteiger partial charge >= 0.3 is 0 Å². The standard InChI is InChI=1S/C27H48O3P2.C27H46O3/c1-16(2)23(28)9-6-17(3)20-7-8-21-25-22(11-13-27(20,21)5)26(4)12-10-19(29-31)14-18(26)15-24(25)30-32;1-16(2)23(29)9-6-17(3)20-7-8-21-25-22(11-13-27(20,21)5)26(4)12-10-19(28)14-18(26)15-24(25)30/h16-22,24-25H,6-15,31-32H2,1-5H3;16-22,24-25,28,30H,6-15H2,1-5H3/t2*17-,18+,19?,20-,21+,22+,24?,25+,26+,27-/m11/s1. The molecule has 0 aromatic carbocycles. The van der Waals surface area contributed by atoms with Gasteiger partial charge in [-0.15, -0.1) is 0 Å². The zero-order valence-corrected chi connectivity index (χ0v) is 43.5. The van der Waals surface area contributed by atoms with E-state index >= 15 is 0 Å². The highest BCUT2D eigenvalue weighted by molar-refractivity contribution is 7.10. The average molecular weight is 901 g/mol. The van der Waals surface area contributed by atoms with Crippen LogP contribution in [0.4, 0.5) is 0 Å². The summed E-state index contributed by atoms with van der Waals surface area (Å²) in [7, 11) is 5.15. The molecule has 8 heteroatoms. The van der Waals surface area contributed by atoms with Crippen molar-refractivity contribution >= 4 is 30.5 Å². The highest BCUT2D eigenvalue weighted by Gasteiger charge is 2.65. The fourth-order valence-corrected chi connectivity index (χ4v) is 18.8. The second-order valence-electron chi connectivity index (χ2n) is 25.4. The maximum Gasteiger partial charge on any atom is 0.135 e. The van der Waals surface area contributed by atoms with Crippen molar-refractivity contribution in [2.24, 2.45) is 105 Å². The fraction of sp³-hybridized carbons (Fsp3) is 0.963. The van der Waals surface area contributed by atoms with Crippen LogP contribution < -0.4 is 0 Å². The number of hydrogen-bond acceptors (Lipinski definition) is 6. The van der Waals surface area contributed by atoms with Crippen molar-refractivity contribution in [1.82, 2.24) is 0 Å². The van der Waals surface area contributed by atoms with E-state index in [0.717, 1.165) is 75.0 Å². The SMILES string of the molecule is CC(C)C(=O)CC[C@@H](C)[C@H]1CC[C@H]2[C@@H]3C(O)C[C@@H]4CC(O)CC[C@]4(C)[C@H]3CC[C@]12C.CC(C)C(=O)CC[C@@H](C)[C@H]1CC[C@H]2[C@@H]3C(OP)C[C@@H]4CC(OP)CC[C@]4(C)[C@H]3CC[C@]12C. The van der Waals surface area contributed by atoms with Crippen LogP contribution in [0.25, 0.3) is 0 Å². The molecule has 0 radical (unpaired) electrons. The van der Waals surface area contributed by atoms with Crippen molar-refractivity contribution in [3.05, 3.63) is 0 Å². The predicted molar refractivity (Wildman–Crippen MR) is 259 cm³/mol. The molecule has 6 unspecified atom stereocenters. The Balaban J connectivity index is 0.000000187. The minimum absolute atomic E-state index is 0.152. The maximum absolute atomic E-state index is 12.3. The monoisotopic (exact) mass is 901 g/mol. The molecule has 0 bridgehead atoms. The van der Waals surface area contributed by atoms with Crippen molar-refractivity contribution in [3.8, 4) is 0 Å². The van der Waals surface area contributed by atoms with Crippen LogP contribution in [0.3, 0.4) is 0 Å². The second kappa shape index (κ2) is 19.6. The molecule has 62 heavy (non-hydrogen) atoms. The quantitative estimate of drug-likeness (QED) is 0.190. The van der Waals surface area contributed by atoms with Gasteiger partial charge in [0.05, 0.1) is 24.4 Å². The first-order chi connectivity index (χ1) is 29.2. The van der Waals surface area contributed by atoms with E-state index in [1.807, 2.05) is 27.7 Å². The molecule has 0 heterocycles. The summed E-state index contributed by atoms with van der Waals surface area (Å²) in [6.45, 7) is 23.2. The molecule has 8 fully saturated rings. The molecule has 0 amide bonds. The normalized spacial score (nSPS) is 48.1. The molecule has 0 saturated heterocycles. The van der Waals surface area contributed by atoms with Crippen LogP contribution in [0, 0.1) is 105 Å². The highest BCUT2D eigenvalue weighted by Crippen LogP contribution is 2.70. The number of aliphatic hydroxyl groups is 2. The third kappa shape index (κ3) is 9.05. The van der Waals surface area contributed by atoms with E-state index in [0.29, 0.717) is 92.8 Å². The number of fused-ring (bicyclic) bond motifs is 10. The lowest BCUT2D eigenvalue weighted by Crippen LogP contribution is -2.58. The fourth-order valence-electron chi connectivity index (χ4n) is 18.3. The molecule has 0 aliphatic heterocycles. The van der Waals surface area contributed by atoms with Crippen LogP contribution in [0.1, 0.15) is 198 Å². The summed E-state index contributed by atoms with van der Waals surface area (Å²) in [6, 6.07) is 0. The summed E-state index contributed by atoms with van der Waals surface area (Å²) in [4.78, 5) is 24.5. The Morgan fingerprint density at radius 1 is 0.548 bits per heavy atom. The van der Waals surface area contributed by atoms with Crippen LogP contribution in [0.2, 0.25) is 0 Å². The first kappa shape index (κ1) is 49.9. The van der Waals surface area contributed by atoms with Gasteiger partial charge in [-0.1, -0.05) is 69.2 Å². The molecule has 2 N–H and O–H groups in total. The molecule has 356 valence electrons. The molecular weight excluding hydrogens is 807 g/mol. The molecule has 0 aromatic heterocycles. The van der Waals surface area contributed by atoms with Gasteiger partial charge in [0, 0.05) is 43.6 Å².